The van der Waals surface area contributed by atoms with Gasteiger partial charge in [0.05, 0.1) is 5.56 Å². The first-order valence-corrected chi connectivity index (χ1v) is 12.1. The van der Waals surface area contributed by atoms with E-state index in [-0.39, 0.29) is 17.9 Å². The van der Waals surface area contributed by atoms with Gasteiger partial charge in [-0.3, -0.25) is 9.59 Å². The third-order valence-electron chi connectivity index (χ3n) is 6.85. The summed E-state index contributed by atoms with van der Waals surface area (Å²) < 4.78 is 0. The molecule has 32 heavy (non-hydrogen) atoms. The van der Waals surface area contributed by atoms with E-state index in [1.807, 2.05) is 30.1 Å². The lowest BCUT2D eigenvalue weighted by Crippen LogP contribution is -2.45. The van der Waals surface area contributed by atoms with Crippen molar-refractivity contribution < 1.29 is 9.59 Å². The van der Waals surface area contributed by atoms with Gasteiger partial charge >= 0.3 is 0 Å². The van der Waals surface area contributed by atoms with Crippen molar-refractivity contribution in [3.63, 3.8) is 0 Å². The van der Waals surface area contributed by atoms with Crippen molar-refractivity contribution in [3.05, 3.63) is 64.7 Å². The van der Waals surface area contributed by atoms with Crippen molar-refractivity contribution >= 4 is 29.1 Å². The minimum absolute atomic E-state index is 0.0650. The van der Waals surface area contributed by atoms with Crippen LogP contribution >= 0.6 is 11.6 Å². The van der Waals surface area contributed by atoms with Crippen molar-refractivity contribution in [3.8, 4) is 0 Å². The number of rotatable bonds is 5. The Balaban J connectivity index is 1.38. The summed E-state index contributed by atoms with van der Waals surface area (Å²) in [5, 5.41) is 3.76. The SMILES string of the molecule is CN(C(=O)c1ccccc1N1CCC(NC(=O)c2ccc(Cl)cc2)CC1)C1CCCCC1. The van der Waals surface area contributed by atoms with Crippen LogP contribution in [0.25, 0.3) is 0 Å². The molecule has 0 unspecified atom stereocenters. The van der Waals surface area contributed by atoms with Gasteiger partial charge in [0.1, 0.15) is 0 Å². The van der Waals surface area contributed by atoms with Crippen LogP contribution in [-0.4, -0.2) is 48.9 Å². The fourth-order valence-corrected chi connectivity index (χ4v) is 5.02. The van der Waals surface area contributed by atoms with Crippen LogP contribution < -0.4 is 10.2 Å². The standard InChI is InChI=1S/C26H32ClN3O2/c1-29(22-7-3-2-4-8-22)26(32)23-9-5-6-10-24(23)30-17-15-21(16-18-30)28-25(31)19-11-13-20(27)14-12-19/h5-6,9-14,21-22H,2-4,7-8,15-18H2,1H3,(H,28,31). The molecule has 1 heterocycles. The molecule has 2 aromatic carbocycles. The molecule has 2 aromatic rings. The van der Waals surface area contributed by atoms with Crippen LogP contribution in [0, 0.1) is 0 Å². The van der Waals surface area contributed by atoms with Crippen LogP contribution in [0.3, 0.4) is 0 Å². The van der Waals surface area contributed by atoms with E-state index < -0.39 is 0 Å². The Morgan fingerprint density at radius 2 is 1.59 bits per heavy atom. The molecule has 170 valence electrons. The lowest BCUT2D eigenvalue weighted by Gasteiger charge is -2.36. The van der Waals surface area contributed by atoms with E-state index in [4.69, 9.17) is 11.6 Å². The molecule has 2 aliphatic rings. The quantitative estimate of drug-likeness (QED) is 0.681. The number of nitrogens with one attached hydrogen (secondary N) is 1. The van der Waals surface area contributed by atoms with E-state index in [2.05, 4.69) is 16.3 Å². The predicted octanol–water partition coefficient (Wildman–Crippen LogP) is 5.14. The normalized spacial score (nSPS) is 17.8. The zero-order valence-corrected chi connectivity index (χ0v) is 19.5. The number of benzene rings is 2. The van der Waals surface area contributed by atoms with Gasteiger partial charge in [-0.15, -0.1) is 0 Å². The average molecular weight is 454 g/mol. The minimum Gasteiger partial charge on any atom is -0.371 e. The van der Waals surface area contributed by atoms with Gasteiger partial charge in [0, 0.05) is 48.5 Å². The zero-order chi connectivity index (χ0) is 22.5. The Bertz CT molecular complexity index is 932. The van der Waals surface area contributed by atoms with Crippen LogP contribution in [0.15, 0.2) is 48.5 Å². The highest BCUT2D eigenvalue weighted by Crippen LogP contribution is 2.28. The number of hydrogen-bond acceptors (Lipinski definition) is 3. The number of piperidine rings is 1. The van der Waals surface area contributed by atoms with E-state index in [1.165, 1.54) is 19.3 Å². The summed E-state index contributed by atoms with van der Waals surface area (Å²) in [4.78, 5) is 30.1. The Morgan fingerprint density at radius 3 is 2.28 bits per heavy atom. The van der Waals surface area contributed by atoms with Crippen molar-refractivity contribution in [1.82, 2.24) is 10.2 Å². The molecule has 1 saturated heterocycles. The highest BCUT2D eigenvalue weighted by atomic mass is 35.5. The average Bonchev–Trinajstić information content (AvgIpc) is 2.84. The van der Waals surface area contributed by atoms with Crippen molar-refractivity contribution in [2.24, 2.45) is 0 Å². The van der Waals surface area contributed by atoms with Crippen molar-refractivity contribution in [2.45, 2.75) is 57.0 Å². The first kappa shape index (κ1) is 22.7. The van der Waals surface area contributed by atoms with Crippen LogP contribution in [0.4, 0.5) is 5.69 Å². The molecule has 6 heteroatoms. The molecule has 0 aromatic heterocycles. The summed E-state index contributed by atoms with van der Waals surface area (Å²) in [7, 11) is 1.95. The molecule has 4 rings (SSSR count). The first-order chi connectivity index (χ1) is 15.5. The number of carbonyl (C=O) groups is 2. The second-order valence-electron chi connectivity index (χ2n) is 8.97. The maximum absolute atomic E-state index is 13.3. The maximum atomic E-state index is 13.3. The summed E-state index contributed by atoms with van der Waals surface area (Å²) in [6.07, 6.45) is 7.59. The molecule has 0 bridgehead atoms. The topological polar surface area (TPSA) is 52.7 Å². The Labute approximate surface area is 195 Å². The molecule has 1 aliphatic carbocycles. The second-order valence-corrected chi connectivity index (χ2v) is 9.40. The zero-order valence-electron chi connectivity index (χ0n) is 18.7. The van der Waals surface area contributed by atoms with Gasteiger partial charge < -0.3 is 15.1 Å². The van der Waals surface area contributed by atoms with Crippen LogP contribution in [0.1, 0.15) is 65.7 Å². The van der Waals surface area contributed by atoms with Gasteiger partial charge in [0.15, 0.2) is 0 Å². The number of nitrogens with zero attached hydrogens (tertiary/aromatic N) is 2. The highest BCUT2D eigenvalue weighted by molar-refractivity contribution is 6.30. The molecule has 1 saturated carbocycles. The summed E-state index contributed by atoms with van der Waals surface area (Å²) in [6, 6.07) is 15.4. The molecule has 2 fully saturated rings. The smallest absolute Gasteiger partial charge is 0.255 e. The van der Waals surface area contributed by atoms with E-state index in [0.29, 0.717) is 16.6 Å². The minimum atomic E-state index is -0.0650. The predicted molar refractivity (Wildman–Crippen MR) is 130 cm³/mol. The fraction of sp³-hybridized carbons (Fsp3) is 0.462. The number of anilines is 1. The highest BCUT2D eigenvalue weighted by Gasteiger charge is 2.27. The lowest BCUT2D eigenvalue weighted by molar-refractivity contribution is 0.0696. The summed E-state index contributed by atoms with van der Waals surface area (Å²) in [6.45, 7) is 1.62. The van der Waals surface area contributed by atoms with Crippen LogP contribution in [0.2, 0.25) is 5.02 Å². The second kappa shape index (κ2) is 10.4. The van der Waals surface area contributed by atoms with Crippen molar-refractivity contribution in [2.75, 3.05) is 25.0 Å². The summed E-state index contributed by atoms with van der Waals surface area (Å²) in [5.74, 6) is 0.0514. The Morgan fingerprint density at radius 1 is 0.938 bits per heavy atom. The third kappa shape index (κ3) is 5.26. The van der Waals surface area contributed by atoms with Crippen molar-refractivity contribution in [1.29, 1.82) is 0 Å². The molecule has 5 nitrogen and oxygen atoms in total. The first-order valence-electron chi connectivity index (χ1n) is 11.7. The molecular weight excluding hydrogens is 422 g/mol. The van der Waals surface area contributed by atoms with Gasteiger partial charge in [0.25, 0.3) is 11.8 Å². The molecule has 1 aliphatic heterocycles. The molecular formula is C26H32ClN3O2. The van der Waals surface area contributed by atoms with Gasteiger partial charge in [-0.05, 0) is 62.1 Å². The van der Waals surface area contributed by atoms with Crippen LogP contribution in [0.5, 0.6) is 0 Å². The third-order valence-corrected chi connectivity index (χ3v) is 7.11. The number of amides is 2. The van der Waals surface area contributed by atoms with E-state index in [9.17, 15) is 9.59 Å². The molecule has 2 amide bonds. The number of carbonyl (C=O) groups excluding carboxylic acids is 2. The molecule has 0 spiro atoms. The summed E-state index contributed by atoms with van der Waals surface area (Å²) in [5.41, 5.74) is 2.41. The number of para-hydroxylation sites is 1. The van der Waals surface area contributed by atoms with Gasteiger partial charge in [-0.25, -0.2) is 0 Å². The Hall–Kier alpha value is -2.53. The van der Waals surface area contributed by atoms with E-state index in [1.54, 1.807) is 24.3 Å². The maximum Gasteiger partial charge on any atom is 0.255 e. The molecule has 1 N–H and O–H groups in total. The van der Waals surface area contributed by atoms with Gasteiger partial charge in [0.2, 0.25) is 0 Å². The number of halogens is 1. The van der Waals surface area contributed by atoms with Gasteiger partial charge in [-0.2, -0.15) is 0 Å². The largest absolute Gasteiger partial charge is 0.371 e. The monoisotopic (exact) mass is 453 g/mol. The fourth-order valence-electron chi connectivity index (χ4n) is 4.89. The lowest BCUT2D eigenvalue weighted by atomic mass is 9.94. The summed E-state index contributed by atoms with van der Waals surface area (Å²) >= 11 is 5.92. The van der Waals surface area contributed by atoms with E-state index in [0.717, 1.165) is 50.0 Å². The van der Waals surface area contributed by atoms with Crippen LogP contribution in [-0.2, 0) is 0 Å². The van der Waals surface area contributed by atoms with E-state index >= 15 is 0 Å². The number of hydrogen-bond donors (Lipinski definition) is 1. The molecule has 0 radical (unpaired) electrons. The van der Waals surface area contributed by atoms with Gasteiger partial charge in [-0.1, -0.05) is 43.0 Å². The Kier molecular flexibility index (Phi) is 7.36. The molecule has 0 atom stereocenters.